The van der Waals surface area contributed by atoms with Gasteiger partial charge >= 0.3 is 5.97 Å². The fourth-order valence-electron chi connectivity index (χ4n) is 3.21. The van der Waals surface area contributed by atoms with Gasteiger partial charge in [-0.1, -0.05) is 39.5 Å². The Morgan fingerprint density at radius 2 is 1.79 bits per heavy atom. The topological polar surface area (TPSA) is 55.8 Å². The van der Waals surface area contributed by atoms with E-state index in [0.717, 1.165) is 51.6 Å². The number of carbonyl (C=O) groups excluding carboxylic acids is 2. The van der Waals surface area contributed by atoms with Crippen LogP contribution in [0.1, 0.15) is 65.2 Å². The van der Waals surface area contributed by atoms with Gasteiger partial charge in [0.2, 0.25) is 5.91 Å². The van der Waals surface area contributed by atoms with E-state index in [4.69, 9.17) is 9.47 Å². The molecule has 1 unspecified atom stereocenters. The maximum atomic E-state index is 12.8. The predicted octanol–water partition coefficient (Wildman–Crippen LogP) is 3.41. The molecule has 140 valence electrons. The van der Waals surface area contributed by atoms with Gasteiger partial charge in [0.15, 0.2) is 0 Å². The molecule has 0 radical (unpaired) electrons. The van der Waals surface area contributed by atoms with E-state index < -0.39 is 0 Å². The summed E-state index contributed by atoms with van der Waals surface area (Å²) in [6.07, 6.45) is 8.48. The third-order valence-corrected chi connectivity index (χ3v) is 4.72. The highest BCUT2D eigenvalue weighted by molar-refractivity contribution is 5.80. The highest BCUT2D eigenvalue weighted by Gasteiger charge is 2.28. The molecule has 1 amide bonds. The summed E-state index contributed by atoms with van der Waals surface area (Å²) in [5.74, 6) is -0.206. The van der Waals surface area contributed by atoms with Gasteiger partial charge < -0.3 is 14.4 Å². The second-order valence-corrected chi connectivity index (χ2v) is 6.86. The van der Waals surface area contributed by atoms with Crippen molar-refractivity contribution in [1.29, 1.82) is 0 Å². The number of esters is 1. The minimum Gasteiger partial charge on any atom is -0.469 e. The highest BCUT2D eigenvalue weighted by atomic mass is 16.5. The minimum atomic E-state index is -0.288. The predicted molar refractivity (Wildman–Crippen MR) is 94.7 cm³/mol. The van der Waals surface area contributed by atoms with Crippen molar-refractivity contribution in [2.24, 2.45) is 11.8 Å². The van der Waals surface area contributed by atoms with Crippen LogP contribution >= 0.6 is 0 Å². The van der Waals surface area contributed by atoms with Crippen LogP contribution in [0.25, 0.3) is 0 Å². The van der Waals surface area contributed by atoms with Crippen LogP contribution in [-0.2, 0) is 19.1 Å². The van der Waals surface area contributed by atoms with Crippen LogP contribution in [-0.4, -0.2) is 50.2 Å². The molecule has 1 aliphatic rings. The number of methoxy groups -OCH3 is 1. The summed E-state index contributed by atoms with van der Waals surface area (Å²) in [7, 11) is 1.40. The maximum Gasteiger partial charge on any atom is 0.310 e. The van der Waals surface area contributed by atoms with Crippen molar-refractivity contribution in [3.05, 3.63) is 0 Å². The van der Waals surface area contributed by atoms with Gasteiger partial charge in [-0.25, -0.2) is 0 Å². The average Bonchev–Trinajstić information content (AvgIpc) is 2.62. The van der Waals surface area contributed by atoms with Crippen molar-refractivity contribution in [1.82, 2.24) is 4.90 Å². The van der Waals surface area contributed by atoms with Crippen molar-refractivity contribution < 1.29 is 19.1 Å². The van der Waals surface area contributed by atoms with Gasteiger partial charge in [0.1, 0.15) is 0 Å². The van der Waals surface area contributed by atoms with E-state index in [9.17, 15) is 9.59 Å². The third kappa shape index (κ3) is 7.65. The van der Waals surface area contributed by atoms with E-state index in [-0.39, 0.29) is 23.7 Å². The molecular weight excluding hydrogens is 306 g/mol. The lowest BCUT2D eigenvalue weighted by atomic mass is 9.88. The Morgan fingerprint density at radius 3 is 2.42 bits per heavy atom. The SMILES string of the molecule is CCCCOCCCN(CC(C)C(=O)OC)C(=O)C1CCCCC1. The number of hydrogen-bond donors (Lipinski definition) is 0. The zero-order valence-corrected chi connectivity index (χ0v) is 15.7. The summed E-state index contributed by atoms with van der Waals surface area (Å²) in [6, 6.07) is 0. The summed E-state index contributed by atoms with van der Waals surface area (Å²) >= 11 is 0. The molecule has 0 aliphatic heterocycles. The Hall–Kier alpha value is -1.10. The zero-order chi connectivity index (χ0) is 17.8. The first-order valence-electron chi connectivity index (χ1n) is 9.54. The molecule has 0 aromatic carbocycles. The normalized spacial score (nSPS) is 16.6. The van der Waals surface area contributed by atoms with Gasteiger partial charge in [0.05, 0.1) is 13.0 Å². The fraction of sp³-hybridized carbons (Fsp3) is 0.895. The number of carbonyl (C=O) groups is 2. The van der Waals surface area contributed by atoms with Crippen molar-refractivity contribution in [3.8, 4) is 0 Å². The second kappa shape index (κ2) is 12.3. The van der Waals surface area contributed by atoms with Gasteiger partial charge in [-0.15, -0.1) is 0 Å². The molecular formula is C19H35NO4. The molecule has 1 rings (SSSR count). The lowest BCUT2D eigenvalue weighted by molar-refractivity contribution is -0.147. The Kier molecular flexibility index (Phi) is 10.7. The van der Waals surface area contributed by atoms with Crippen molar-refractivity contribution in [2.75, 3.05) is 33.4 Å². The van der Waals surface area contributed by atoms with Gasteiger partial charge in [0.25, 0.3) is 0 Å². The summed E-state index contributed by atoms with van der Waals surface area (Å²) < 4.78 is 10.4. The van der Waals surface area contributed by atoms with Crippen LogP contribution in [0.15, 0.2) is 0 Å². The molecule has 5 heteroatoms. The molecule has 24 heavy (non-hydrogen) atoms. The van der Waals surface area contributed by atoms with Crippen LogP contribution in [0, 0.1) is 11.8 Å². The first kappa shape index (κ1) is 20.9. The smallest absolute Gasteiger partial charge is 0.310 e. The number of nitrogens with zero attached hydrogens (tertiary/aromatic N) is 1. The Labute approximate surface area is 147 Å². The Morgan fingerprint density at radius 1 is 1.12 bits per heavy atom. The van der Waals surface area contributed by atoms with E-state index in [2.05, 4.69) is 6.92 Å². The van der Waals surface area contributed by atoms with E-state index in [0.29, 0.717) is 19.7 Å². The molecule has 1 atom stereocenters. The number of rotatable bonds is 11. The third-order valence-electron chi connectivity index (χ3n) is 4.72. The van der Waals surface area contributed by atoms with Crippen molar-refractivity contribution >= 4 is 11.9 Å². The number of ether oxygens (including phenoxy) is 2. The standard InChI is InChI=1S/C19H35NO4/c1-4-5-13-24-14-9-12-20(15-16(2)19(22)23-3)18(21)17-10-7-6-8-11-17/h16-17H,4-15H2,1-3H3. The highest BCUT2D eigenvalue weighted by Crippen LogP contribution is 2.26. The van der Waals surface area contributed by atoms with Crippen LogP contribution in [0.5, 0.6) is 0 Å². The van der Waals surface area contributed by atoms with E-state index in [1.54, 1.807) is 0 Å². The maximum absolute atomic E-state index is 12.8. The van der Waals surface area contributed by atoms with Crippen LogP contribution in [0.4, 0.5) is 0 Å². The molecule has 0 N–H and O–H groups in total. The van der Waals surface area contributed by atoms with Crippen molar-refractivity contribution in [3.63, 3.8) is 0 Å². The summed E-state index contributed by atoms with van der Waals surface area (Å²) in [5.41, 5.74) is 0. The fourth-order valence-corrected chi connectivity index (χ4v) is 3.21. The lowest BCUT2D eigenvalue weighted by Gasteiger charge is -2.30. The molecule has 0 saturated heterocycles. The number of unbranched alkanes of at least 4 members (excludes halogenated alkanes) is 1. The van der Waals surface area contributed by atoms with Crippen LogP contribution in [0.3, 0.4) is 0 Å². The Bertz CT molecular complexity index is 366. The second-order valence-electron chi connectivity index (χ2n) is 6.86. The molecule has 1 aliphatic carbocycles. The monoisotopic (exact) mass is 341 g/mol. The van der Waals surface area contributed by atoms with E-state index in [1.165, 1.54) is 13.5 Å². The molecule has 0 aromatic heterocycles. The van der Waals surface area contributed by atoms with Gasteiger partial charge in [-0.2, -0.15) is 0 Å². The molecule has 0 aromatic rings. The summed E-state index contributed by atoms with van der Waals surface area (Å²) in [4.78, 5) is 26.4. The van der Waals surface area contributed by atoms with Crippen LogP contribution in [0.2, 0.25) is 0 Å². The Balaban J connectivity index is 2.50. The quantitative estimate of drug-likeness (QED) is 0.427. The lowest BCUT2D eigenvalue weighted by Crippen LogP contribution is -2.42. The van der Waals surface area contributed by atoms with E-state index in [1.807, 2.05) is 11.8 Å². The first-order valence-corrected chi connectivity index (χ1v) is 9.54. The number of amides is 1. The molecule has 0 spiro atoms. The summed E-state index contributed by atoms with van der Waals surface area (Å²) in [6.45, 7) is 6.51. The van der Waals surface area contributed by atoms with E-state index >= 15 is 0 Å². The first-order chi connectivity index (χ1) is 11.6. The minimum absolute atomic E-state index is 0.129. The van der Waals surface area contributed by atoms with Gasteiger partial charge in [-0.05, 0) is 25.7 Å². The zero-order valence-electron chi connectivity index (χ0n) is 15.7. The largest absolute Gasteiger partial charge is 0.469 e. The molecule has 1 fully saturated rings. The van der Waals surface area contributed by atoms with Gasteiger partial charge in [0, 0.05) is 32.2 Å². The molecule has 1 saturated carbocycles. The molecule has 0 bridgehead atoms. The summed E-state index contributed by atoms with van der Waals surface area (Å²) in [5, 5.41) is 0. The number of hydrogen-bond acceptors (Lipinski definition) is 4. The van der Waals surface area contributed by atoms with Gasteiger partial charge in [-0.3, -0.25) is 9.59 Å². The van der Waals surface area contributed by atoms with Crippen molar-refractivity contribution in [2.45, 2.75) is 65.2 Å². The van der Waals surface area contributed by atoms with Crippen LogP contribution < -0.4 is 0 Å². The average molecular weight is 341 g/mol. The molecule has 5 nitrogen and oxygen atoms in total. The molecule has 0 heterocycles.